The molecular formula is C29H46O4. The van der Waals surface area contributed by atoms with Crippen molar-refractivity contribution in [2.75, 3.05) is 0 Å². The molecule has 9 unspecified atom stereocenters. The third kappa shape index (κ3) is 3.07. The zero-order valence-corrected chi connectivity index (χ0v) is 22.1. The Bertz CT molecular complexity index is 849. The number of hydrogen-bond donors (Lipinski definition) is 0. The molecule has 0 aromatic carbocycles. The minimum absolute atomic E-state index is 0.00536. The van der Waals surface area contributed by atoms with E-state index in [4.69, 9.17) is 9.47 Å². The van der Waals surface area contributed by atoms with Crippen molar-refractivity contribution >= 4 is 11.9 Å². The van der Waals surface area contributed by atoms with Crippen LogP contribution in [0.5, 0.6) is 0 Å². The van der Waals surface area contributed by atoms with E-state index in [0.29, 0.717) is 46.3 Å². The van der Waals surface area contributed by atoms with Crippen molar-refractivity contribution in [3.8, 4) is 0 Å². The van der Waals surface area contributed by atoms with Crippen LogP contribution in [-0.2, 0) is 19.1 Å². The second kappa shape index (κ2) is 7.23. The predicted molar refractivity (Wildman–Crippen MR) is 128 cm³/mol. The fourth-order valence-electron chi connectivity index (χ4n) is 10.8. The van der Waals surface area contributed by atoms with Crippen LogP contribution in [0.1, 0.15) is 113 Å². The summed E-state index contributed by atoms with van der Waals surface area (Å²) < 4.78 is 11.9. The molecule has 5 rings (SSSR count). The summed E-state index contributed by atoms with van der Waals surface area (Å²) in [7, 11) is 0. The van der Waals surface area contributed by atoms with Gasteiger partial charge in [0, 0.05) is 24.7 Å². The lowest BCUT2D eigenvalue weighted by molar-refractivity contribution is -0.229. The number of carbonyl (C=O) groups excluding carboxylic acids is 2. The Hall–Kier alpha value is -1.06. The molecule has 0 N–H and O–H groups in total. The maximum absolute atomic E-state index is 12.0. The van der Waals surface area contributed by atoms with E-state index in [0.717, 1.165) is 12.8 Å². The van der Waals surface area contributed by atoms with Crippen LogP contribution in [0.25, 0.3) is 0 Å². The van der Waals surface area contributed by atoms with E-state index in [2.05, 4.69) is 41.5 Å². The normalized spacial score (nSPS) is 52.9. The van der Waals surface area contributed by atoms with Gasteiger partial charge >= 0.3 is 11.9 Å². The first-order valence-electron chi connectivity index (χ1n) is 13.7. The summed E-state index contributed by atoms with van der Waals surface area (Å²) in [6.07, 6.45) is 11.2. The summed E-state index contributed by atoms with van der Waals surface area (Å²) >= 11 is 0. The molecule has 186 valence electrons. The van der Waals surface area contributed by atoms with Crippen molar-refractivity contribution in [2.45, 2.75) is 124 Å². The van der Waals surface area contributed by atoms with Crippen molar-refractivity contribution < 1.29 is 19.1 Å². The third-order valence-electron chi connectivity index (χ3n) is 12.6. The number of fused-ring (bicyclic) bond motifs is 5. The van der Waals surface area contributed by atoms with Gasteiger partial charge in [0.05, 0.1) is 0 Å². The molecule has 0 spiro atoms. The monoisotopic (exact) mass is 458 g/mol. The lowest BCUT2D eigenvalue weighted by Gasteiger charge is -2.70. The highest BCUT2D eigenvalue weighted by Gasteiger charge is 2.70. The van der Waals surface area contributed by atoms with E-state index in [9.17, 15) is 9.59 Å². The minimum Gasteiger partial charge on any atom is -0.462 e. The highest BCUT2D eigenvalue weighted by molar-refractivity contribution is 5.72. The van der Waals surface area contributed by atoms with Gasteiger partial charge in [0.15, 0.2) is 0 Å². The van der Waals surface area contributed by atoms with Gasteiger partial charge in [0.1, 0.15) is 11.7 Å². The Morgan fingerprint density at radius 3 is 2.15 bits per heavy atom. The second-order valence-electron chi connectivity index (χ2n) is 14.1. The fraction of sp³-hybridized carbons (Fsp3) is 0.931. The van der Waals surface area contributed by atoms with Crippen molar-refractivity contribution in [3.05, 3.63) is 0 Å². The summed E-state index contributed by atoms with van der Waals surface area (Å²) in [6, 6.07) is 0. The Balaban J connectivity index is 1.45. The molecule has 4 aliphatic carbocycles. The van der Waals surface area contributed by atoms with Crippen LogP contribution < -0.4 is 0 Å². The first kappa shape index (κ1) is 23.7. The van der Waals surface area contributed by atoms with Crippen LogP contribution in [0, 0.1) is 45.3 Å². The Morgan fingerprint density at radius 2 is 1.52 bits per heavy atom. The third-order valence-corrected chi connectivity index (χ3v) is 12.6. The van der Waals surface area contributed by atoms with Crippen LogP contribution in [-0.4, -0.2) is 23.6 Å². The van der Waals surface area contributed by atoms with Crippen LogP contribution in [0.2, 0.25) is 0 Å². The van der Waals surface area contributed by atoms with Gasteiger partial charge in [-0.05, 0) is 98.7 Å². The minimum atomic E-state index is -0.256. The average Bonchev–Trinajstić information content (AvgIpc) is 3.25. The van der Waals surface area contributed by atoms with E-state index in [-0.39, 0.29) is 29.1 Å². The number of esters is 2. The first-order chi connectivity index (χ1) is 15.3. The van der Waals surface area contributed by atoms with Gasteiger partial charge in [-0.1, -0.05) is 34.6 Å². The zero-order chi connectivity index (χ0) is 24.0. The molecule has 0 bridgehead atoms. The maximum atomic E-state index is 12.0. The quantitative estimate of drug-likeness (QED) is 0.432. The molecule has 0 amide bonds. The van der Waals surface area contributed by atoms with Gasteiger partial charge in [-0.2, -0.15) is 0 Å². The number of rotatable bonds is 2. The standard InChI is InChI=1S/C29H46O4/c1-18(30)32-23-12-14-26(4)21(25(23,2)3)11-16-28(6)22(26)9-8-19-20(10-15-27(19,28)5)29(7)17-13-24(31)33-29/h19-23H,8-17H2,1-7H3. The molecule has 1 aliphatic heterocycles. The van der Waals surface area contributed by atoms with Crippen LogP contribution in [0.4, 0.5) is 0 Å². The van der Waals surface area contributed by atoms with Gasteiger partial charge in [-0.25, -0.2) is 0 Å². The van der Waals surface area contributed by atoms with Gasteiger partial charge in [0.25, 0.3) is 0 Å². The molecule has 1 saturated heterocycles. The highest BCUT2D eigenvalue weighted by atomic mass is 16.6. The molecule has 9 atom stereocenters. The Morgan fingerprint density at radius 1 is 0.818 bits per heavy atom. The van der Waals surface area contributed by atoms with Crippen LogP contribution in [0.15, 0.2) is 0 Å². The van der Waals surface area contributed by atoms with Crippen molar-refractivity contribution in [1.82, 2.24) is 0 Å². The zero-order valence-electron chi connectivity index (χ0n) is 22.1. The van der Waals surface area contributed by atoms with Crippen LogP contribution >= 0.6 is 0 Å². The largest absolute Gasteiger partial charge is 0.462 e. The lowest BCUT2D eigenvalue weighted by atomic mass is 9.35. The topological polar surface area (TPSA) is 52.6 Å². The Kier molecular flexibility index (Phi) is 5.19. The molecule has 0 radical (unpaired) electrons. The summed E-state index contributed by atoms with van der Waals surface area (Å²) in [5, 5.41) is 0. The first-order valence-corrected chi connectivity index (χ1v) is 13.7. The SMILES string of the molecule is CC(=O)OC1CCC2(C)C(CCC3(C)C2CCC2C(C4(C)CCC(=O)O4)CCC23C)C1(C)C. The molecule has 4 heteroatoms. The maximum Gasteiger partial charge on any atom is 0.306 e. The molecular weight excluding hydrogens is 412 g/mol. The molecule has 5 fully saturated rings. The van der Waals surface area contributed by atoms with Gasteiger partial charge in [-0.15, -0.1) is 0 Å². The summed E-state index contributed by atoms with van der Waals surface area (Å²) in [5.74, 6) is 2.33. The number of carbonyl (C=O) groups is 2. The number of ether oxygens (including phenoxy) is 2. The van der Waals surface area contributed by atoms with E-state index in [1.54, 1.807) is 6.92 Å². The van der Waals surface area contributed by atoms with Crippen LogP contribution in [0.3, 0.4) is 0 Å². The molecule has 5 aliphatic rings. The van der Waals surface area contributed by atoms with E-state index in [1.807, 2.05) is 0 Å². The summed E-state index contributed by atoms with van der Waals surface area (Å²) in [6.45, 7) is 16.3. The van der Waals surface area contributed by atoms with Gasteiger partial charge in [0.2, 0.25) is 0 Å². The smallest absolute Gasteiger partial charge is 0.306 e. The molecule has 0 aromatic rings. The molecule has 4 nitrogen and oxygen atoms in total. The van der Waals surface area contributed by atoms with Gasteiger partial charge in [-0.3, -0.25) is 9.59 Å². The molecule has 33 heavy (non-hydrogen) atoms. The fourth-order valence-corrected chi connectivity index (χ4v) is 10.8. The predicted octanol–water partition coefficient (Wildman–Crippen LogP) is 6.70. The second-order valence-corrected chi connectivity index (χ2v) is 14.1. The van der Waals surface area contributed by atoms with Gasteiger partial charge < -0.3 is 9.47 Å². The highest BCUT2D eigenvalue weighted by Crippen LogP contribution is 2.76. The molecule has 0 aromatic heterocycles. The van der Waals surface area contributed by atoms with E-state index >= 15 is 0 Å². The average molecular weight is 459 g/mol. The number of cyclic esters (lactones) is 1. The summed E-state index contributed by atoms with van der Waals surface area (Å²) in [4.78, 5) is 23.9. The van der Waals surface area contributed by atoms with Crippen molar-refractivity contribution in [1.29, 1.82) is 0 Å². The molecule has 1 heterocycles. The van der Waals surface area contributed by atoms with Crippen molar-refractivity contribution in [2.24, 2.45) is 45.3 Å². The van der Waals surface area contributed by atoms with E-state index < -0.39 is 0 Å². The summed E-state index contributed by atoms with van der Waals surface area (Å²) in [5.41, 5.74) is 0.682. The van der Waals surface area contributed by atoms with E-state index in [1.165, 1.54) is 44.9 Å². The Labute approximate surface area is 200 Å². The molecule has 4 saturated carbocycles. The lowest BCUT2D eigenvalue weighted by Crippen LogP contribution is -2.64. The number of hydrogen-bond acceptors (Lipinski definition) is 4. The van der Waals surface area contributed by atoms with Crippen molar-refractivity contribution in [3.63, 3.8) is 0 Å².